The van der Waals surface area contributed by atoms with Crippen molar-refractivity contribution in [2.45, 2.75) is 6.18 Å². The van der Waals surface area contributed by atoms with Crippen LogP contribution in [0.3, 0.4) is 0 Å². The average molecular weight is 301 g/mol. The van der Waals surface area contributed by atoms with Gasteiger partial charge in [0.25, 0.3) is 5.69 Å². The summed E-state index contributed by atoms with van der Waals surface area (Å²) in [5.41, 5.74) is -0.341. The fraction of sp³-hybridized carbons (Fsp3) is 0.286. The summed E-state index contributed by atoms with van der Waals surface area (Å²) in [6, 6.07) is 1.01. The van der Waals surface area contributed by atoms with Crippen molar-refractivity contribution in [1.82, 2.24) is 4.98 Å². The second-order valence-corrected chi connectivity index (χ2v) is 3.50. The summed E-state index contributed by atoms with van der Waals surface area (Å²) in [4.78, 5) is 13.0. The first-order valence-corrected chi connectivity index (χ1v) is 4.58. The van der Waals surface area contributed by atoms with Crippen LogP contribution in [0.2, 0.25) is 0 Å². The van der Waals surface area contributed by atoms with E-state index < -0.39 is 17.7 Å². The quantitative estimate of drug-likeness (QED) is 0.636. The van der Waals surface area contributed by atoms with Crippen LogP contribution in [0.5, 0.6) is 5.88 Å². The number of nitrogens with zero attached hydrogens (tertiary/aromatic N) is 2. The van der Waals surface area contributed by atoms with Crippen molar-refractivity contribution in [3.8, 4) is 5.88 Å². The van der Waals surface area contributed by atoms with Crippen LogP contribution in [0.15, 0.2) is 16.7 Å². The molecule has 9 heteroatoms. The number of nitro groups is 1. The highest BCUT2D eigenvalue weighted by atomic mass is 79.9. The van der Waals surface area contributed by atoms with Gasteiger partial charge in [0, 0.05) is 6.07 Å². The van der Waals surface area contributed by atoms with Crippen LogP contribution in [-0.4, -0.2) is 22.7 Å². The number of alkyl halides is 3. The summed E-state index contributed by atoms with van der Waals surface area (Å²) in [7, 11) is 0. The molecular weight excluding hydrogens is 297 g/mol. The molecule has 0 aromatic carbocycles. The van der Waals surface area contributed by atoms with E-state index >= 15 is 0 Å². The summed E-state index contributed by atoms with van der Waals surface area (Å²) in [5, 5.41) is 10.3. The molecule has 1 rings (SSSR count). The molecular formula is C7H4BrF3N2O3. The fourth-order valence-electron chi connectivity index (χ4n) is 0.772. The van der Waals surface area contributed by atoms with E-state index in [-0.39, 0.29) is 16.0 Å². The van der Waals surface area contributed by atoms with Gasteiger partial charge in [0.15, 0.2) is 6.61 Å². The molecule has 0 aliphatic heterocycles. The Bertz CT molecular complexity index is 410. The summed E-state index contributed by atoms with van der Waals surface area (Å²) in [6.45, 7) is -1.50. The number of rotatable bonds is 3. The largest absolute Gasteiger partial charge is 0.467 e. The van der Waals surface area contributed by atoms with E-state index in [1.165, 1.54) is 0 Å². The molecule has 0 spiro atoms. The topological polar surface area (TPSA) is 65.3 Å². The van der Waals surface area contributed by atoms with Crippen molar-refractivity contribution in [3.63, 3.8) is 0 Å². The zero-order valence-electron chi connectivity index (χ0n) is 7.49. The van der Waals surface area contributed by atoms with Crippen molar-refractivity contribution in [1.29, 1.82) is 0 Å². The first-order chi connectivity index (χ1) is 7.29. The van der Waals surface area contributed by atoms with Gasteiger partial charge in [-0.05, 0) is 15.9 Å². The van der Waals surface area contributed by atoms with Gasteiger partial charge in [-0.25, -0.2) is 4.98 Å². The summed E-state index contributed by atoms with van der Waals surface area (Å²) in [6.07, 6.45) is -3.67. The summed E-state index contributed by atoms with van der Waals surface area (Å²) >= 11 is 2.82. The van der Waals surface area contributed by atoms with Gasteiger partial charge >= 0.3 is 6.18 Å². The van der Waals surface area contributed by atoms with Gasteiger partial charge in [-0.1, -0.05) is 0 Å². The Morgan fingerprint density at radius 1 is 1.56 bits per heavy atom. The average Bonchev–Trinajstić information content (AvgIpc) is 2.14. The minimum absolute atomic E-state index is 0.00838. The van der Waals surface area contributed by atoms with E-state index in [0.29, 0.717) is 0 Å². The molecule has 0 aliphatic rings. The van der Waals surface area contributed by atoms with Gasteiger partial charge in [-0.3, -0.25) is 10.1 Å². The third kappa shape index (κ3) is 3.65. The lowest BCUT2D eigenvalue weighted by atomic mass is 10.4. The Morgan fingerprint density at radius 2 is 2.19 bits per heavy atom. The van der Waals surface area contributed by atoms with Gasteiger partial charge in [0.1, 0.15) is 6.20 Å². The van der Waals surface area contributed by atoms with Crippen LogP contribution in [0, 0.1) is 10.1 Å². The van der Waals surface area contributed by atoms with Crippen molar-refractivity contribution in [2.75, 3.05) is 6.61 Å². The monoisotopic (exact) mass is 300 g/mol. The number of ether oxygens (including phenoxy) is 1. The Labute approximate surface area is 95.5 Å². The number of hydrogen-bond donors (Lipinski definition) is 0. The highest BCUT2D eigenvalue weighted by Crippen LogP contribution is 2.27. The standard InChI is InChI=1S/C7H4BrF3N2O3/c8-5-1-4(13(14)15)2-12-6(5)16-3-7(9,10)11/h1-2H,3H2. The maximum Gasteiger partial charge on any atom is 0.422 e. The van der Waals surface area contributed by atoms with Crippen LogP contribution < -0.4 is 4.74 Å². The molecule has 0 unspecified atom stereocenters. The van der Waals surface area contributed by atoms with Gasteiger partial charge in [0.2, 0.25) is 5.88 Å². The molecule has 0 N–H and O–H groups in total. The highest BCUT2D eigenvalue weighted by molar-refractivity contribution is 9.10. The van der Waals surface area contributed by atoms with Crippen LogP contribution in [0.4, 0.5) is 18.9 Å². The fourth-order valence-corrected chi connectivity index (χ4v) is 1.22. The molecule has 0 fully saturated rings. The first kappa shape index (κ1) is 12.7. The Hall–Kier alpha value is -1.38. The van der Waals surface area contributed by atoms with Gasteiger partial charge in [-0.15, -0.1) is 0 Å². The number of pyridine rings is 1. The first-order valence-electron chi connectivity index (χ1n) is 3.79. The summed E-state index contributed by atoms with van der Waals surface area (Å²) < 4.78 is 39.7. The van der Waals surface area contributed by atoms with Crippen LogP contribution in [0.1, 0.15) is 0 Å². The molecule has 0 amide bonds. The predicted octanol–water partition coefficient (Wildman–Crippen LogP) is 2.69. The normalized spacial score (nSPS) is 11.2. The second kappa shape index (κ2) is 4.64. The molecule has 1 aromatic rings. The van der Waals surface area contributed by atoms with E-state index in [1.54, 1.807) is 0 Å². The minimum Gasteiger partial charge on any atom is -0.467 e. The predicted molar refractivity (Wildman–Crippen MR) is 50.1 cm³/mol. The van der Waals surface area contributed by atoms with Crippen LogP contribution in [-0.2, 0) is 0 Å². The molecule has 88 valence electrons. The van der Waals surface area contributed by atoms with E-state index in [1.807, 2.05) is 0 Å². The maximum atomic E-state index is 11.8. The lowest BCUT2D eigenvalue weighted by molar-refractivity contribution is -0.385. The highest BCUT2D eigenvalue weighted by Gasteiger charge is 2.29. The molecule has 5 nitrogen and oxygen atoms in total. The molecule has 1 heterocycles. The Kier molecular flexibility index (Phi) is 3.68. The van der Waals surface area contributed by atoms with E-state index in [0.717, 1.165) is 12.3 Å². The molecule has 0 radical (unpaired) electrons. The van der Waals surface area contributed by atoms with Crippen LogP contribution in [0.25, 0.3) is 0 Å². The smallest absolute Gasteiger partial charge is 0.422 e. The van der Waals surface area contributed by atoms with Crippen molar-refractivity contribution in [3.05, 3.63) is 26.9 Å². The lowest BCUT2D eigenvalue weighted by Crippen LogP contribution is -2.19. The third-order valence-electron chi connectivity index (χ3n) is 1.38. The molecule has 16 heavy (non-hydrogen) atoms. The molecule has 0 saturated carbocycles. The second-order valence-electron chi connectivity index (χ2n) is 2.64. The Morgan fingerprint density at radius 3 is 2.62 bits per heavy atom. The zero-order chi connectivity index (χ0) is 12.3. The molecule has 0 aliphatic carbocycles. The van der Waals surface area contributed by atoms with Crippen molar-refractivity contribution < 1.29 is 22.8 Å². The lowest BCUT2D eigenvalue weighted by Gasteiger charge is -2.08. The van der Waals surface area contributed by atoms with Crippen molar-refractivity contribution >= 4 is 21.6 Å². The van der Waals surface area contributed by atoms with Gasteiger partial charge in [-0.2, -0.15) is 13.2 Å². The van der Waals surface area contributed by atoms with Crippen LogP contribution >= 0.6 is 15.9 Å². The van der Waals surface area contributed by atoms with E-state index in [4.69, 9.17) is 0 Å². The third-order valence-corrected chi connectivity index (χ3v) is 1.94. The SMILES string of the molecule is O=[N+]([O-])c1cnc(OCC(F)(F)F)c(Br)c1. The maximum absolute atomic E-state index is 11.8. The summed E-state index contributed by atoms with van der Waals surface area (Å²) in [5.74, 6) is -0.345. The molecule has 0 saturated heterocycles. The molecule has 0 atom stereocenters. The molecule has 0 bridgehead atoms. The van der Waals surface area contributed by atoms with Gasteiger partial charge < -0.3 is 4.74 Å². The molecule has 1 aromatic heterocycles. The number of halogens is 4. The van der Waals surface area contributed by atoms with Gasteiger partial charge in [0.05, 0.1) is 9.40 Å². The minimum atomic E-state index is -4.48. The zero-order valence-corrected chi connectivity index (χ0v) is 9.08. The van der Waals surface area contributed by atoms with E-state index in [2.05, 4.69) is 25.7 Å². The number of aromatic nitrogens is 1. The Balaban J connectivity index is 2.80. The van der Waals surface area contributed by atoms with Crippen molar-refractivity contribution in [2.24, 2.45) is 0 Å². The van der Waals surface area contributed by atoms with E-state index in [9.17, 15) is 23.3 Å². The number of hydrogen-bond acceptors (Lipinski definition) is 4.